The average Bonchev–Trinajstić information content (AvgIpc) is 2.98. The second-order valence-corrected chi connectivity index (χ2v) is 6.71. The number of amides is 2. The number of rotatable bonds is 7. The van der Waals surface area contributed by atoms with E-state index in [0.29, 0.717) is 11.4 Å². The summed E-state index contributed by atoms with van der Waals surface area (Å²) in [6.45, 7) is 3.32. The molecule has 1 aromatic carbocycles. The fourth-order valence-electron chi connectivity index (χ4n) is 1.87. The monoisotopic (exact) mass is 403 g/mol. The van der Waals surface area contributed by atoms with Crippen molar-refractivity contribution >= 4 is 35.1 Å². The minimum absolute atomic E-state index is 0.0206. The standard InChI is InChI=1S/C16H16F3N3O4S/c1-9-7-13(22-26-9)21-15(24)10(2)27-8-14(23)20-11-3-5-12(6-4-11)25-16(17,18)19/h3-7,10H,8H2,1-2H3,(H,20,23)(H,21,22,24)/t10-/m1/s1. The number of anilines is 2. The highest BCUT2D eigenvalue weighted by Gasteiger charge is 2.31. The molecule has 0 aliphatic heterocycles. The largest absolute Gasteiger partial charge is 0.573 e. The first-order valence-corrected chi connectivity index (χ1v) is 8.69. The highest BCUT2D eigenvalue weighted by atomic mass is 32.2. The maximum absolute atomic E-state index is 12.1. The number of nitrogens with one attached hydrogen (secondary N) is 2. The molecule has 0 spiro atoms. The molecule has 0 radical (unpaired) electrons. The van der Waals surface area contributed by atoms with E-state index in [0.717, 1.165) is 23.9 Å². The summed E-state index contributed by atoms with van der Waals surface area (Å²) in [5.41, 5.74) is 0.310. The maximum Gasteiger partial charge on any atom is 0.573 e. The summed E-state index contributed by atoms with van der Waals surface area (Å²) >= 11 is 1.09. The van der Waals surface area contributed by atoms with E-state index in [4.69, 9.17) is 4.52 Å². The zero-order valence-corrected chi connectivity index (χ0v) is 15.1. The Balaban J connectivity index is 1.77. The molecule has 0 fully saturated rings. The smallest absolute Gasteiger partial charge is 0.406 e. The fourth-order valence-corrected chi connectivity index (χ4v) is 2.55. The van der Waals surface area contributed by atoms with Crippen molar-refractivity contribution in [3.8, 4) is 5.75 Å². The van der Waals surface area contributed by atoms with Gasteiger partial charge >= 0.3 is 6.36 Å². The van der Waals surface area contributed by atoms with Gasteiger partial charge < -0.3 is 19.9 Å². The van der Waals surface area contributed by atoms with Gasteiger partial charge in [0.1, 0.15) is 11.5 Å². The van der Waals surface area contributed by atoms with Gasteiger partial charge in [-0.15, -0.1) is 24.9 Å². The predicted octanol–water partition coefficient (Wildman–Crippen LogP) is 3.58. The molecule has 0 aliphatic carbocycles. The van der Waals surface area contributed by atoms with Crippen molar-refractivity contribution in [2.24, 2.45) is 0 Å². The minimum Gasteiger partial charge on any atom is -0.406 e. The van der Waals surface area contributed by atoms with E-state index in [-0.39, 0.29) is 23.2 Å². The molecule has 0 bridgehead atoms. The number of thioether (sulfide) groups is 1. The zero-order chi connectivity index (χ0) is 20.0. The Morgan fingerprint density at radius 3 is 2.48 bits per heavy atom. The van der Waals surface area contributed by atoms with Crippen LogP contribution in [-0.2, 0) is 9.59 Å². The van der Waals surface area contributed by atoms with Crippen LogP contribution in [0.2, 0.25) is 0 Å². The van der Waals surface area contributed by atoms with Gasteiger partial charge in [-0.2, -0.15) is 0 Å². The van der Waals surface area contributed by atoms with Crippen molar-refractivity contribution in [1.82, 2.24) is 5.16 Å². The Morgan fingerprint density at radius 1 is 1.26 bits per heavy atom. The summed E-state index contributed by atoms with van der Waals surface area (Å²) in [4.78, 5) is 23.9. The number of benzene rings is 1. The summed E-state index contributed by atoms with van der Waals surface area (Å²) in [5, 5.41) is 8.19. The molecule has 1 atom stereocenters. The fraction of sp³-hybridized carbons (Fsp3) is 0.312. The molecule has 1 aromatic heterocycles. The highest BCUT2D eigenvalue weighted by molar-refractivity contribution is 8.01. The summed E-state index contributed by atoms with van der Waals surface area (Å²) in [5.74, 6) is -0.306. The van der Waals surface area contributed by atoms with Crippen LogP contribution in [0, 0.1) is 6.92 Å². The third-order valence-corrected chi connectivity index (χ3v) is 4.23. The topological polar surface area (TPSA) is 93.5 Å². The molecule has 0 aliphatic rings. The average molecular weight is 403 g/mol. The van der Waals surface area contributed by atoms with Crippen molar-refractivity contribution in [3.63, 3.8) is 0 Å². The molecular formula is C16H16F3N3O4S. The van der Waals surface area contributed by atoms with Gasteiger partial charge in [-0.25, -0.2) is 0 Å². The van der Waals surface area contributed by atoms with Crippen molar-refractivity contribution in [1.29, 1.82) is 0 Å². The lowest BCUT2D eigenvalue weighted by Gasteiger charge is -2.11. The van der Waals surface area contributed by atoms with Crippen molar-refractivity contribution < 1.29 is 32.0 Å². The van der Waals surface area contributed by atoms with Gasteiger partial charge in [0.2, 0.25) is 11.8 Å². The van der Waals surface area contributed by atoms with Crippen LogP contribution in [0.25, 0.3) is 0 Å². The van der Waals surface area contributed by atoms with E-state index in [1.165, 1.54) is 12.1 Å². The van der Waals surface area contributed by atoms with E-state index in [2.05, 4.69) is 20.5 Å². The molecule has 0 unspecified atom stereocenters. The first kappa shape index (κ1) is 20.6. The number of halogens is 3. The lowest BCUT2D eigenvalue weighted by Crippen LogP contribution is -2.25. The first-order valence-electron chi connectivity index (χ1n) is 7.64. The maximum atomic E-state index is 12.1. The van der Waals surface area contributed by atoms with E-state index in [1.54, 1.807) is 19.9 Å². The van der Waals surface area contributed by atoms with Crippen LogP contribution in [0.4, 0.5) is 24.7 Å². The van der Waals surface area contributed by atoms with Crippen LogP contribution in [0.15, 0.2) is 34.9 Å². The number of hydrogen-bond acceptors (Lipinski definition) is 6. The molecule has 146 valence electrons. The predicted molar refractivity (Wildman–Crippen MR) is 93.5 cm³/mol. The van der Waals surface area contributed by atoms with Gasteiger partial charge in [-0.1, -0.05) is 5.16 Å². The van der Waals surface area contributed by atoms with Crippen molar-refractivity contribution in [2.75, 3.05) is 16.4 Å². The summed E-state index contributed by atoms with van der Waals surface area (Å²) < 4.78 is 44.9. The molecule has 2 N–H and O–H groups in total. The van der Waals surface area contributed by atoms with Crippen LogP contribution < -0.4 is 15.4 Å². The molecule has 2 amide bonds. The number of aryl methyl sites for hydroxylation is 1. The van der Waals surface area contributed by atoms with E-state index >= 15 is 0 Å². The number of carbonyl (C=O) groups excluding carboxylic acids is 2. The van der Waals surface area contributed by atoms with Crippen LogP contribution >= 0.6 is 11.8 Å². The van der Waals surface area contributed by atoms with Gasteiger partial charge in [0.25, 0.3) is 0 Å². The number of hydrogen-bond donors (Lipinski definition) is 2. The molecular weight excluding hydrogens is 387 g/mol. The molecule has 0 saturated heterocycles. The molecule has 7 nitrogen and oxygen atoms in total. The third-order valence-electron chi connectivity index (χ3n) is 3.08. The van der Waals surface area contributed by atoms with E-state index < -0.39 is 17.5 Å². The van der Waals surface area contributed by atoms with Gasteiger partial charge in [-0.05, 0) is 38.1 Å². The van der Waals surface area contributed by atoms with Crippen LogP contribution in [0.5, 0.6) is 5.75 Å². The van der Waals surface area contributed by atoms with Gasteiger partial charge in [0.15, 0.2) is 5.82 Å². The van der Waals surface area contributed by atoms with E-state index in [1.807, 2.05) is 0 Å². The number of nitrogens with zero attached hydrogens (tertiary/aromatic N) is 1. The minimum atomic E-state index is -4.78. The normalized spacial score (nSPS) is 12.3. The van der Waals surface area contributed by atoms with Gasteiger partial charge in [0.05, 0.1) is 11.0 Å². The SMILES string of the molecule is Cc1cc(NC(=O)[C@@H](C)SCC(=O)Nc2ccc(OC(F)(F)F)cc2)no1. The Hall–Kier alpha value is -2.69. The summed E-state index contributed by atoms with van der Waals surface area (Å²) in [6.07, 6.45) is -4.78. The van der Waals surface area contributed by atoms with Crippen molar-refractivity contribution in [2.45, 2.75) is 25.5 Å². The zero-order valence-electron chi connectivity index (χ0n) is 14.3. The molecule has 11 heteroatoms. The quantitative estimate of drug-likeness (QED) is 0.734. The Kier molecular flexibility index (Phi) is 6.72. The number of carbonyl (C=O) groups is 2. The van der Waals surface area contributed by atoms with Crippen molar-refractivity contribution in [3.05, 3.63) is 36.1 Å². The molecule has 27 heavy (non-hydrogen) atoms. The van der Waals surface area contributed by atoms with E-state index in [9.17, 15) is 22.8 Å². The lowest BCUT2D eigenvalue weighted by molar-refractivity contribution is -0.274. The number of aromatic nitrogens is 1. The van der Waals surface area contributed by atoms with Crippen LogP contribution in [0.1, 0.15) is 12.7 Å². The molecule has 2 rings (SSSR count). The lowest BCUT2D eigenvalue weighted by atomic mass is 10.3. The molecule has 0 saturated carbocycles. The summed E-state index contributed by atoms with van der Waals surface area (Å²) in [6, 6.07) is 6.31. The second-order valence-electron chi connectivity index (χ2n) is 5.39. The van der Waals surface area contributed by atoms with Gasteiger partial charge in [0, 0.05) is 11.8 Å². The van der Waals surface area contributed by atoms with Crippen LogP contribution in [-0.4, -0.2) is 34.3 Å². The number of ether oxygens (including phenoxy) is 1. The Bertz CT molecular complexity index is 793. The summed E-state index contributed by atoms with van der Waals surface area (Å²) in [7, 11) is 0. The third kappa shape index (κ3) is 7.21. The molecule has 2 aromatic rings. The highest BCUT2D eigenvalue weighted by Crippen LogP contribution is 2.24. The van der Waals surface area contributed by atoms with Crippen LogP contribution in [0.3, 0.4) is 0 Å². The Labute approximate surface area is 156 Å². The first-order chi connectivity index (χ1) is 12.6. The number of alkyl halides is 3. The molecule has 1 heterocycles. The van der Waals surface area contributed by atoms with Gasteiger partial charge in [-0.3, -0.25) is 9.59 Å². The second kappa shape index (κ2) is 8.80. The Morgan fingerprint density at radius 2 is 1.93 bits per heavy atom.